The molecular formula is C13H14N4O3S2. The number of benzene rings is 1. The monoisotopic (exact) mass is 338 g/mol. The summed E-state index contributed by atoms with van der Waals surface area (Å²) in [5.74, 6) is 0.0451. The van der Waals surface area contributed by atoms with Gasteiger partial charge in [-0.2, -0.15) is 0 Å². The number of carbonyl (C=O) groups is 1. The average molecular weight is 338 g/mol. The number of primary sulfonamides is 1. The van der Waals surface area contributed by atoms with E-state index in [-0.39, 0.29) is 16.3 Å². The third-order valence-electron chi connectivity index (χ3n) is 3.31. The van der Waals surface area contributed by atoms with Crippen molar-refractivity contribution in [2.75, 3.05) is 11.1 Å². The lowest BCUT2D eigenvalue weighted by atomic mass is 10.2. The van der Waals surface area contributed by atoms with Crippen LogP contribution in [0.4, 0.5) is 11.4 Å². The van der Waals surface area contributed by atoms with E-state index in [2.05, 4.69) is 10.3 Å². The van der Waals surface area contributed by atoms with Gasteiger partial charge in [-0.05, 0) is 31.0 Å². The van der Waals surface area contributed by atoms with E-state index in [1.807, 2.05) is 5.38 Å². The van der Waals surface area contributed by atoms with E-state index in [4.69, 9.17) is 10.9 Å². The zero-order valence-corrected chi connectivity index (χ0v) is 13.1. The van der Waals surface area contributed by atoms with Gasteiger partial charge >= 0.3 is 0 Å². The molecule has 0 bridgehead atoms. The molecule has 0 radical (unpaired) electrons. The fraction of sp³-hybridized carbons (Fsp3) is 0.231. The van der Waals surface area contributed by atoms with Crippen LogP contribution in [-0.2, 0) is 10.0 Å². The molecule has 2 aromatic rings. The third-order valence-corrected chi connectivity index (χ3v) is 5.08. The molecule has 1 aromatic heterocycles. The highest BCUT2D eigenvalue weighted by Crippen LogP contribution is 2.40. The van der Waals surface area contributed by atoms with Gasteiger partial charge in [0.15, 0.2) is 5.01 Å². The summed E-state index contributed by atoms with van der Waals surface area (Å²) >= 11 is 1.25. The Morgan fingerprint density at radius 2 is 2.09 bits per heavy atom. The highest BCUT2D eigenvalue weighted by molar-refractivity contribution is 7.89. The van der Waals surface area contributed by atoms with E-state index in [0.717, 1.165) is 18.5 Å². The number of nitrogens with zero attached hydrogens (tertiary/aromatic N) is 1. The zero-order valence-electron chi connectivity index (χ0n) is 11.4. The van der Waals surface area contributed by atoms with E-state index in [9.17, 15) is 13.2 Å². The second-order valence-corrected chi connectivity index (χ2v) is 7.52. The first-order valence-corrected chi connectivity index (χ1v) is 8.96. The van der Waals surface area contributed by atoms with Crippen LogP contribution in [-0.4, -0.2) is 19.3 Å². The number of hydrogen-bond acceptors (Lipinski definition) is 6. The molecule has 0 spiro atoms. The number of amides is 1. The predicted octanol–water partition coefficient (Wildman–Crippen LogP) is 1.50. The minimum atomic E-state index is -3.86. The van der Waals surface area contributed by atoms with Crippen molar-refractivity contribution in [2.24, 2.45) is 5.14 Å². The fourth-order valence-corrected chi connectivity index (χ4v) is 3.29. The number of nitrogens with two attached hydrogens (primary N) is 2. The van der Waals surface area contributed by atoms with E-state index in [0.29, 0.717) is 10.9 Å². The van der Waals surface area contributed by atoms with Crippen molar-refractivity contribution in [3.8, 4) is 0 Å². The zero-order chi connectivity index (χ0) is 15.9. The summed E-state index contributed by atoms with van der Waals surface area (Å²) in [5, 5.41) is 9.84. The van der Waals surface area contributed by atoms with Crippen molar-refractivity contribution in [2.45, 2.75) is 23.7 Å². The Morgan fingerprint density at radius 1 is 1.36 bits per heavy atom. The number of thiazole rings is 1. The Labute approximate surface area is 131 Å². The SMILES string of the molecule is Nc1ccc(S(N)(=O)=O)cc1NC(=O)c1nc(C2CC2)cs1. The molecule has 1 aliphatic rings. The normalized spacial score (nSPS) is 14.8. The van der Waals surface area contributed by atoms with Gasteiger partial charge in [0.1, 0.15) is 0 Å². The molecule has 1 saturated carbocycles. The Kier molecular flexibility index (Phi) is 3.63. The van der Waals surface area contributed by atoms with Crippen LogP contribution in [0.3, 0.4) is 0 Å². The van der Waals surface area contributed by atoms with Crippen LogP contribution in [0.2, 0.25) is 0 Å². The van der Waals surface area contributed by atoms with E-state index < -0.39 is 15.9 Å². The molecule has 1 heterocycles. The number of sulfonamides is 1. The van der Waals surface area contributed by atoms with Gasteiger partial charge in [-0.15, -0.1) is 11.3 Å². The average Bonchev–Trinajstić information content (AvgIpc) is 3.17. The molecule has 0 saturated heterocycles. The van der Waals surface area contributed by atoms with Crippen molar-refractivity contribution in [3.05, 3.63) is 34.3 Å². The molecular weight excluding hydrogens is 324 g/mol. The van der Waals surface area contributed by atoms with Crippen LogP contribution in [0.15, 0.2) is 28.5 Å². The minimum absolute atomic E-state index is 0.116. The number of anilines is 2. The number of rotatable bonds is 4. The Balaban J connectivity index is 1.83. The van der Waals surface area contributed by atoms with E-state index >= 15 is 0 Å². The van der Waals surface area contributed by atoms with Crippen molar-refractivity contribution in [3.63, 3.8) is 0 Å². The molecule has 1 aromatic carbocycles. The maximum atomic E-state index is 12.2. The van der Waals surface area contributed by atoms with Crippen molar-refractivity contribution >= 4 is 38.6 Å². The predicted molar refractivity (Wildman–Crippen MR) is 84.3 cm³/mol. The van der Waals surface area contributed by atoms with Gasteiger partial charge in [0.2, 0.25) is 10.0 Å². The lowest BCUT2D eigenvalue weighted by Crippen LogP contribution is -2.16. The van der Waals surface area contributed by atoms with Crippen LogP contribution < -0.4 is 16.2 Å². The lowest BCUT2D eigenvalue weighted by molar-refractivity contribution is 0.102. The van der Waals surface area contributed by atoms with Gasteiger partial charge in [0.05, 0.1) is 22.0 Å². The topological polar surface area (TPSA) is 128 Å². The van der Waals surface area contributed by atoms with Gasteiger partial charge in [-0.1, -0.05) is 0 Å². The molecule has 0 unspecified atom stereocenters. The molecule has 7 nitrogen and oxygen atoms in total. The van der Waals surface area contributed by atoms with Crippen LogP contribution >= 0.6 is 11.3 Å². The molecule has 0 atom stereocenters. The summed E-state index contributed by atoms with van der Waals surface area (Å²) in [6.07, 6.45) is 2.21. The lowest BCUT2D eigenvalue weighted by Gasteiger charge is -2.08. The summed E-state index contributed by atoms with van der Waals surface area (Å²) in [6.45, 7) is 0. The third kappa shape index (κ3) is 3.11. The fourth-order valence-electron chi connectivity index (χ4n) is 1.95. The molecule has 1 amide bonds. The largest absolute Gasteiger partial charge is 0.397 e. The Morgan fingerprint density at radius 3 is 2.73 bits per heavy atom. The molecule has 22 heavy (non-hydrogen) atoms. The molecule has 5 N–H and O–H groups in total. The molecule has 1 fully saturated rings. The standard InChI is InChI=1S/C13H14N4O3S2/c14-9-4-3-8(22(15,19)20)5-10(9)16-12(18)13-17-11(6-21-13)7-1-2-7/h3-7H,1-2,14H2,(H,16,18)(H2,15,19,20). The van der Waals surface area contributed by atoms with Crippen LogP contribution in [0, 0.1) is 0 Å². The van der Waals surface area contributed by atoms with Gasteiger partial charge in [-0.25, -0.2) is 18.5 Å². The smallest absolute Gasteiger partial charge is 0.284 e. The number of nitrogen functional groups attached to an aromatic ring is 1. The number of aromatic nitrogens is 1. The molecule has 1 aliphatic carbocycles. The summed E-state index contributed by atoms with van der Waals surface area (Å²) in [4.78, 5) is 16.4. The first-order chi connectivity index (χ1) is 10.3. The Bertz CT molecular complexity index is 841. The summed E-state index contributed by atoms with van der Waals surface area (Å²) < 4.78 is 22.7. The van der Waals surface area contributed by atoms with Gasteiger partial charge in [0, 0.05) is 11.3 Å². The van der Waals surface area contributed by atoms with Gasteiger partial charge < -0.3 is 11.1 Å². The second-order valence-electron chi connectivity index (χ2n) is 5.10. The summed E-state index contributed by atoms with van der Waals surface area (Å²) in [6, 6.07) is 3.90. The summed E-state index contributed by atoms with van der Waals surface area (Å²) in [7, 11) is -3.86. The minimum Gasteiger partial charge on any atom is -0.397 e. The van der Waals surface area contributed by atoms with E-state index in [1.165, 1.54) is 29.5 Å². The van der Waals surface area contributed by atoms with E-state index in [1.54, 1.807) is 0 Å². The number of carbonyl (C=O) groups excluding carboxylic acids is 1. The summed E-state index contributed by atoms with van der Waals surface area (Å²) in [5.41, 5.74) is 7.13. The number of nitrogens with one attached hydrogen (secondary N) is 1. The van der Waals surface area contributed by atoms with Crippen LogP contribution in [0.25, 0.3) is 0 Å². The quantitative estimate of drug-likeness (QED) is 0.728. The maximum Gasteiger partial charge on any atom is 0.284 e. The highest BCUT2D eigenvalue weighted by atomic mass is 32.2. The molecule has 9 heteroatoms. The van der Waals surface area contributed by atoms with Crippen LogP contribution in [0.5, 0.6) is 0 Å². The van der Waals surface area contributed by atoms with Crippen molar-refractivity contribution < 1.29 is 13.2 Å². The highest BCUT2D eigenvalue weighted by Gasteiger charge is 2.27. The number of hydrogen-bond donors (Lipinski definition) is 3. The molecule has 3 rings (SSSR count). The molecule has 0 aliphatic heterocycles. The Hall–Kier alpha value is -1.97. The maximum absolute atomic E-state index is 12.2. The van der Waals surface area contributed by atoms with Gasteiger partial charge in [-0.3, -0.25) is 4.79 Å². The second kappa shape index (κ2) is 5.34. The first-order valence-electron chi connectivity index (χ1n) is 6.53. The van der Waals surface area contributed by atoms with Crippen molar-refractivity contribution in [1.82, 2.24) is 4.98 Å². The first kappa shape index (κ1) is 14.9. The molecule has 116 valence electrons. The van der Waals surface area contributed by atoms with Crippen molar-refractivity contribution in [1.29, 1.82) is 0 Å². The van der Waals surface area contributed by atoms with Crippen LogP contribution in [0.1, 0.15) is 34.3 Å². The van der Waals surface area contributed by atoms with Gasteiger partial charge in [0.25, 0.3) is 5.91 Å².